The average molecular weight is 250 g/mol. The van der Waals surface area contributed by atoms with E-state index < -0.39 is 33.3 Å². The minimum absolute atomic E-state index is 0.104. The van der Waals surface area contributed by atoms with E-state index in [1.54, 1.807) is 0 Å². The number of hydrogen-bond acceptors (Lipinski definition) is 3. The molecule has 0 aliphatic carbocycles. The van der Waals surface area contributed by atoms with Crippen molar-refractivity contribution in [3.8, 4) is 0 Å². The third kappa shape index (κ3) is 2.99. The highest BCUT2D eigenvalue weighted by Crippen LogP contribution is 2.22. The zero-order chi connectivity index (χ0) is 12.5. The second kappa shape index (κ2) is 4.47. The van der Waals surface area contributed by atoms with Crippen LogP contribution in [0.25, 0.3) is 0 Å². The van der Waals surface area contributed by atoms with Crippen LogP contribution in [0.1, 0.15) is 17.2 Å². The highest BCUT2D eigenvalue weighted by molar-refractivity contribution is 7.90. The van der Waals surface area contributed by atoms with Gasteiger partial charge in [-0.2, -0.15) is 0 Å². The van der Waals surface area contributed by atoms with Crippen LogP contribution >= 0.6 is 0 Å². The Kier molecular flexibility index (Phi) is 3.64. The molecule has 0 spiro atoms. The lowest BCUT2D eigenvalue weighted by molar-refractivity contribution is 0.195. The summed E-state index contributed by atoms with van der Waals surface area (Å²) in [6.45, 7) is 1.38. The lowest BCUT2D eigenvalue weighted by Gasteiger charge is -2.11. The van der Waals surface area contributed by atoms with Crippen molar-refractivity contribution in [1.82, 2.24) is 0 Å². The fraction of sp³-hybridized carbons (Fsp3) is 0.400. The average Bonchev–Trinajstić information content (AvgIpc) is 2.11. The summed E-state index contributed by atoms with van der Waals surface area (Å²) in [5, 5.41) is 9.47. The predicted octanol–water partition coefficient (Wildman–Crippen LogP) is 1.35. The maximum absolute atomic E-state index is 13.4. The minimum atomic E-state index is -3.45. The van der Waals surface area contributed by atoms with Crippen molar-refractivity contribution >= 4 is 9.84 Å². The molecule has 3 nitrogen and oxygen atoms in total. The van der Waals surface area contributed by atoms with Gasteiger partial charge in [-0.25, -0.2) is 17.2 Å². The summed E-state index contributed by atoms with van der Waals surface area (Å²) in [5.41, 5.74) is -0.235. The molecule has 0 fully saturated rings. The second-order valence-electron chi connectivity index (χ2n) is 3.71. The molecule has 0 heterocycles. The molecular formula is C10H12F2O3S. The van der Waals surface area contributed by atoms with Crippen molar-refractivity contribution in [2.45, 2.75) is 13.0 Å². The Bertz CT molecular complexity index is 497. The molecule has 0 bridgehead atoms. The van der Waals surface area contributed by atoms with Gasteiger partial charge < -0.3 is 5.11 Å². The molecule has 1 atom stereocenters. The van der Waals surface area contributed by atoms with Crippen LogP contribution in [0.4, 0.5) is 8.78 Å². The van der Waals surface area contributed by atoms with E-state index in [1.807, 2.05) is 0 Å². The van der Waals surface area contributed by atoms with E-state index in [9.17, 15) is 22.3 Å². The number of aryl methyl sites for hydroxylation is 1. The molecule has 0 aliphatic rings. The van der Waals surface area contributed by atoms with Crippen LogP contribution in [0, 0.1) is 18.6 Å². The summed E-state index contributed by atoms with van der Waals surface area (Å²) >= 11 is 0. The highest BCUT2D eigenvalue weighted by atomic mass is 32.2. The van der Waals surface area contributed by atoms with E-state index in [2.05, 4.69) is 0 Å². The van der Waals surface area contributed by atoms with Crippen LogP contribution in [-0.4, -0.2) is 25.5 Å². The Balaban J connectivity index is 3.10. The third-order valence-electron chi connectivity index (χ3n) is 2.12. The summed E-state index contributed by atoms with van der Waals surface area (Å²) in [7, 11) is -3.45. The van der Waals surface area contributed by atoms with Gasteiger partial charge in [0, 0.05) is 11.8 Å². The monoisotopic (exact) mass is 250 g/mol. The standard InChI is InChI=1S/C10H12F2O3S/c1-6-3-4-7(10(12)9(6)11)8(13)5-16(2,14)15/h3-4,8,13H,5H2,1-2H3. The number of sulfone groups is 1. The van der Waals surface area contributed by atoms with Crippen LogP contribution in [0.2, 0.25) is 0 Å². The predicted molar refractivity (Wildman–Crippen MR) is 55.8 cm³/mol. The zero-order valence-electron chi connectivity index (χ0n) is 8.87. The van der Waals surface area contributed by atoms with E-state index >= 15 is 0 Å². The topological polar surface area (TPSA) is 54.4 Å². The summed E-state index contributed by atoms with van der Waals surface area (Å²) in [6.07, 6.45) is -0.635. The van der Waals surface area contributed by atoms with Crippen LogP contribution in [0.5, 0.6) is 0 Å². The van der Waals surface area contributed by atoms with Gasteiger partial charge in [0.2, 0.25) is 0 Å². The zero-order valence-corrected chi connectivity index (χ0v) is 9.68. The molecular weight excluding hydrogens is 238 g/mol. The summed E-state index contributed by atoms with van der Waals surface area (Å²) < 4.78 is 48.3. The fourth-order valence-electron chi connectivity index (χ4n) is 1.29. The van der Waals surface area contributed by atoms with E-state index in [0.717, 1.165) is 6.26 Å². The van der Waals surface area contributed by atoms with Crippen LogP contribution in [-0.2, 0) is 9.84 Å². The van der Waals surface area contributed by atoms with Crippen molar-refractivity contribution in [3.05, 3.63) is 34.9 Å². The normalized spacial score (nSPS) is 13.8. The molecule has 0 radical (unpaired) electrons. The van der Waals surface area contributed by atoms with Gasteiger partial charge >= 0.3 is 0 Å². The number of aliphatic hydroxyl groups excluding tert-OH is 1. The molecule has 1 aromatic carbocycles. The molecule has 0 saturated carbocycles. The first kappa shape index (κ1) is 13.1. The van der Waals surface area contributed by atoms with E-state index in [0.29, 0.717) is 0 Å². The Morgan fingerprint density at radius 1 is 1.31 bits per heavy atom. The molecule has 16 heavy (non-hydrogen) atoms. The van der Waals surface area contributed by atoms with Gasteiger partial charge in [0.05, 0.1) is 11.9 Å². The van der Waals surface area contributed by atoms with Crippen LogP contribution in [0.15, 0.2) is 12.1 Å². The number of rotatable bonds is 3. The van der Waals surface area contributed by atoms with Crippen molar-refractivity contribution in [1.29, 1.82) is 0 Å². The Hall–Kier alpha value is -1.01. The largest absolute Gasteiger partial charge is 0.387 e. The molecule has 0 aliphatic heterocycles. The first-order valence-corrected chi connectivity index (χ1v) is 6.58. The van der Waals surface area contributed by atoms with Crippen LogP contribution in [0.3, 0.4) is 0 Å². The molecule has 1 N–H and O–H groups in total. The van der Waals surface area contributed by atoms with Crippen molar-refractivity contribution < 1.29 is 22.3 Å². The smallest absolute Gasteiger partial charge is 0.164 e. The third-order valence-corrected chi connectivity index (χ3v) is 3.05. The summed E-state index contributed by atoms with van der Waals surface area (Å²) in [4.78, 5) is 0. The number of hydrogen-bond donors (Lipinski definition) is 1. The van der Waals surface area contributed by atoms with Crippen molar-refractivity contribution in [2.24, 2.45) is 0 Å². The van der Waals surface area contributed by atoms with Gasteiger partial charge in [0.1, 0.15) is 9.84 Å². The number of halogens is 2. The lowest BCUT2D eigenvalue weighted by Crippen LogP contribution is -2.14. The molecule has 0 amide bonds. The molecule has 90 valence electrons. The maximum atomic E-state index is 13.4. The summed E-state index contributed by atoms with van der Waals surface area (Å²) in [6, 6.07) is 2.48. The Morgan fingerprint density at radius 2 is 1.88 bits per heavy atom. The van der Waals surface area contributed by atoms with Gasteiger partial charge in [-0.05, 0) is 12.5 Å². The fourth-order valence-corrected chi connectivity index (χ4v) is 2.05. The van der Waals surface area contributed by atoms with Gasteiger partial charge in [-0.15, -0.1) is 0 Å². The van der Waals surface area contributed by atoms with Gasteiger partial charge in [0.25, 0.3) is 0 Å². The first-order valence-electron chi connectivity index (χ1n) is 4.52. The van der Waals surface area contributed by atoms with E-state index in [4.69, 9.17) is 0 Å². The molecule has 6 heteroatoms. The summed E-state index contributed by atoms with van der Waals surface area (Å²) in [5.74, 6) is -2.90. The van der Waals surface area contributed by atoms with Gasteiger partial charge in [-0.3, -0.25) is 0 Å². The number of benzene rings is 1. The quantitative estimate of drug-likeness (QED) is 0.881. The molecule has 1 unspecified atom stereocenters. The lowest BCUT2D eigenvalue weighted by atomic mass is 10.1. The molecule has 1 rings (SSSR count). The van der Waals surface area contributed by atoms with E-state index in [1.165, 1.54) is 19.1 Å². The van der Waals surface area contributed by atoms with Gasteiger partial charge in [-0.1, -0.05) is 12.1 Å². The second-order valence-corrected chi connectivity index (χ2v) is 5.89. The molecule has 0 saturated heterocycles. The number of aliphatic hydroxyl groups is 1. The Morgan fingerprint density at radius 3 is 2.38 bits per heavy atom. The Labute approximate surface area is 92.6 Å². The highest BCUT2D eigenvalue weighted by Gasteiger charge is 2.20. The molecule has 0 aromatic heterocycles. The van der Waals surface area contributed by atoms with Crippen molar-refractivity contribution in [3.63, 3.8) is 0 Å². The van der Waals surface area contributed by atoms with Crippen molar-refractivity contribution in [2.75, 3.05) is 12.0 Å². The van der Waals surface area contributed by atoms with Gasteiger partial charge in [0.15, 0.2) is 11.6 Å². The molecule has 1 aromatic rings. The minimum Gasteiger partial charge on any atom is -0.387 e. The SMILES string of the molecule is Cc1ccc(C(O)CS(C)(=O)=O)c(F)c1F. The maximum Gasteiger partial charge on any atom is 0.164 e. The first-order chi connectivity index (χ1) is 7.22. The van der Waals surface area contributed by atoms with Crippen LogP contribution < -0.4 is 0 Å². The van der Waals surface area contributed by atoms with E-state index in [-0.39, 0.29) is 11.1 Å².